The minimum atomic E-state index is -4.72. The van der Waals surface area contributed by atoms with Gasteiger partial charge in [0.1, 0.15) is 17.6 Å². The predicted molar refractivity (Wildman–Crippen MR) is 107 cm³/mol. The second kappa shape index (κ2) is 8.10. The molecule has 1 saturated heterocycles. The van der Waals surface area contributed by atoms with Crippen LogP contribution in [0.15, 0.2) is 42.6 Å². The van der Waals surface area contributed by atoms with Crippen LogP contribution >= 0.6 is 0 Å². The minimum Gasteiger partial charge on any atom is -0.494 e. The van der Waals surface area contributed by atoms with Gasteiger partial charge >= 0.3 is 6.36 Å². The summed E-state index contributed by atoms with van der Waals surface area (Å²) >= 11 is 0. The Bertz CT molecular complexity index is 1020. The molecule has 1 fully saturated rings. The fourth-order valence-electron chi connectivity index (χ4n) is 3.85. The van der Waals surface area contributed by atoms with Gasteiger partial charge in [-0.1, -0.05) is 12.1 Å². The number of aromatic hydroxyl groups is 1. The van der Waals surface area contributed by atoms with Crippen LogP contribution < -0.4 is 14.8 Å². The second-order valence-electron chi connectivity index (χ2n) is 7.54. The zero-order chi connectivity index (χ0) is 21.3. The third-order valence-electron chi connectivity index (χ3n) is 5.23. The summed E-state index contributed by atoms with van der Waals surface area (Å²) in [5.74, 6) is 0.618. The van der Waals surface area contributed by atoms with E-state index in [1.807, 2.05) is 25.3 Å². The minimum absolute atomic E-state index is 0.117. The van der Waals surface area contributed by atoms with E-state index in [4.69, 9.17) is 4.74 Å². The van der Waals surface area contributed by atoms with Crippen molar-refractivity contribution in [3.63, 3.8) is 0 Å². The Morgan fingerprint density at radius 2 is 1.80 bits per heavy atom. The molecule has 2 heterocycles. The molecule has 2 N–H and O–H groups in total. The van der Waals surface area contributed by atoms with E-state index in [2.05, 4.69) is 10.1 Å². The normalized spacial score (nSPS) is 15.5. The molecule has 1 aromatic heterocycles. The lowest BCUT2D eigenvalue weighted by atomic mass is 10.1. The molecule has 0 spiro atoms. The molecule has 0 radical (unpaired) electrons. The SMILES string of the molecule is Cc1cc(OC2CCNCC2)cc2cn(Cc3ccc(OC(F)(F)F)cc3)c(O)c12. The van der Waals surface area contributed by atoms with Crippen molar-refractivity contribution in [3.8, 4) is 17.4 Å². The molecule has 1 aliphatic heterocycles. The molecule has 0 bridgehead atoms. The number of piperidine rings is 1. The van der Waals surface area contributed by atoms with E-state index in [0.29, 0.717) is 6.54 Å². The summed E-state index contributed by atoms with van der Waals surface area (Å²) in [6.07, 6.45) is -0.804. The van der Waals surface area contributed by atoms with Gasteiger partial charge in [-0.05, 0) is 68.2 Å². The van der Waals surface area contributed by atoms with Crippen LogP contribution in [0.3, 0.4) is 0 Å². The number of rotatable bonds is 5. The number of nitrogens with zero attached hydrogens (tertiary/aromatic N) is 1. The zero-order valence-corrected chi connectivity index (χ0v) is 16.5. The fraction of sp³-hybridized carbons (Fsp3) is 0.364. The summed E-state index contributed by atoms with van der Waals surface area (Å²) in [4.78, 5) is 0. The molecule has 5 nitrogen and oxygen atoms in total. The molecule has 3 aromatic rings. The Balaban J connectivity index is 1.54. The maximum atomic E-state index is 12.3. The summed E-state index contributed by atoms with van der Waals surface area (Å²) in [5, 5.41) is 15.6. The summed E-state index contributed by atoms with van der Waals surface area (Å²) < 4.78 is 48.6. The molecule has 0 aliphatic carbocycles. The fourth-order valence-corrected chi connectivity index (χ4v) is 3.85. The molecule has 2 aromatic carbocycles. The maximum absolute atomic E-state index is 12.3. The van der Waals surface area contributed by atoms with Gasteiger partial charge in [0.25, 0.3) is 0 Å². The average molecular weight is 420 g/mol. The Morgan fingerprint density at radius 1 is 1.10 bits per heavy atom. The number of halogens is 3. The van der Waals surface area contributed by atoms with Crippen LogP contribution in [-0.2, 0) is 6.54 Å². The number of alkyl halides is 3. The number of aromatic nitrogens is 1. The van der Waals surface area contributed by atoms with Crippen molar-refractivity contribution in [2.45, 2.75) is 38.8 Å². The summed E-state index contributed by atoms with van der Waals surface area (Å²) in [6, 6.07) is 9.46. The molecular formula is C22H23F3N2O3. The van der Waals surface area contributed by atoms with Crippen molar-refractivity contribution >= 4 is 10.8 Å². The third-order valence-corrected chi connectivity index (χ3v) is 5.23. The molecule has 8 heteroatoms. The summed E-state index contributed by atoms with van der Waals surface area (Å²) in [7, 11) is 0. The lowest BCUT2D eigenvalue weighted by Gasteiger charge is -2.24. The first kappa shape index (κ1) is 20.4. The Labute approximate surface area is 172 Å². The molecular weight excluding hydrogens is 397 g/mol. The van der Waals surface area contributed by atoms with E-state index in [1.165, 1.54) is 12.1 Å². The van der Waals surface area contributed by atoms with Gasteiger partial charge in [-0.2, -0.15) is 0 Å². The number of hydrogen-bond acceptors (Lipinski definition) is 4. The lowest BCUT2D eigenvalue weighted by molar-refractivity contribution is -0.274. The van der Waals surface area contributed by atoms with Crippen LogP contribution in [0.25, 0.3) is 10.8 Å². The van der Waals surface area contributed by atoms with E-state index in [0.717, 1.165) is 53.6 Å². The van der Waals surface area contributed by atoms with E-state index < -0.39 is 6.36 Å². The van der Waals surface area contributed by atoms with Crippen molar-refractivity contribution in [1.82, 2.24) is 9.88 Å². The van der Waals surface area contributed by atoms with Crippen molar-refractivity contribution in [3.05, 3.63) is 53.7 Å². The van der Waals surface area contributed by atoms with Crippen LogP contribution in [0.4, 0.5) is 13.2 Å². The van der Waals surface area contributed by atoms with E-state index >= 15 is 0 Å². The molecule has 0 atom stereocenters. The number of ether oxygens (including phenoxy) is 2. The van der Waals surface area contributed by atoms with Crippen LogP contribution in [0.2, 0.25) is 0 Å². The van der Waals surface area contributed by atoms with Crippen molar-refractivity contribution in [1.29, 1.82) is 0 Å². The second-order valence-corrected chi connectivity index (χ2v) is 7.54. The highest BCUT2D eigenvalue weighted by molar-refractivity contribution is 5.92. The van der Waals surface area contributed by atoms with E-state index in [-0.39, 0.29) is 17.7 Å². The molecule has 4 rings (SSSR count). The topological polar surface area (TPSA) is 55.7 Å². The van der Waals surface area contributed by atoms with E-state index in [1.54, 1.807) is 16.7 Å². The first-order valence-electron chi connectivity index (χ1n) is 9.83. The summed E-state index contributed by atoms with van der Waals surface area (Å²) in [5.41, 5.74) is 1.64. The van der Waals surface area contributed by atoms with Crippen LogP contribution in [0.5, 0.6) is 17.4 Å². The zero-order valence-electron chi connectivity index (χ0n) is 16.5. The predicted octanol–water partition coefficient (Wildman–Crippen LogP) is 4.73. The highest BCUT2D eigenvalue weighted by atomic mass is 19.4. The lowest BCUT2D eigenvalue weighted by Crippen LogP contribution is -2.34. The quantitative estimate of drug-likeness (QED) is 0.627. The third kappa shape index (κ3) is 4.64. The molecule has 0 unspecified atom stereocenters. The van der Waals surface area contributed by atoms with Crippen molar-refractivity contribution in [2.75, 3.05) is 13.1 Å². The first-order valence-corrected chi connectivity index (χ1v) is 9.83. The van der Waals surface area contributed by atoms with Crippen LogP contribution in [0, 0.1) is 6.92 Å². The molecule has 0 saturated carbocycles. The van der Waals surface area contributed by atoms with Gasteiger partial charge in [0.2, 0.25) is 0 Å². The van der Waals surface area contributed by atoms with Gasteiger partial charge in [-0.3, -0.25) is 0 Å². The van der Waals surface area contributed by atoms with Gasteiger partial charge < -0.3 is 24.5 Å². The number of hydrogen-bond donors (Lipinski definition) is 2. The highest BCUT2D eigenvalue weighted by Crippen LogP contribution is 2.35. The number of nitrogens with one attached hydrogen (secondary N) is 1. The smallest absolute Gasteiger partial charge is 0.494 e. The number of aryl methyl sites for hydroxylation is 1. The van der Waals surface area contributed by atoms with Crippen LogP contribution in [-0.4, -0.2) is 35.2 Å². The van der Waals surface area contributed by atoms with Gasteiger partial charge in [-0.15, -0.1) is 13.2 Å². The van der Waals surface area contributed by atoms with Gasteiger partial charge in [0, 0.05) is 17.0 Å². The van der Waals surface area contributed by atoms with Gasteiger partial charge in [-0.25, -0.2) is 0 Å². The molecule has 0 amide bonds. The molecule has 160 valence electrons. The largest absolute Gasteiger partial charge is 0.573 e. The maximum Gasteiger partial charge on any atom is 0.573 e. The molecule has 1 aliphatic rings. The Morgan fingerprint density at radius 3 is 2.47 bits per heavy atom. The van der Waals surface area contributed by atoms with Gasteiger partial charge in [0.05, 0.1) is 6.54 Å². The first-order chi connectivity index (χ1) is 14.3. The molecule has 30 heavy (non-hydrogen) atoms. The number of benzene rings is 2. The highest BCUT2D eigenvalue weighted by Gasteiger charge is 2.31. The van der Waals surface area contributed by atoms with Crippen molar-refractivity contribution < 1.29 is 27.8 Å². The Kier molecular flexibility index (Phi) is 5.51. The summed E-state index contributed by atoms with van der Waals surface area (Å²) in [6.45, 7) is 4.12. The average Bonchev–Trinajstić information content (AvgIpc) is 2.99. The van der Waals surface area contributed by atoms with Gasteiger partial charge in [0.15, 0.2) is 5.88 Å². The van der Waals surface area contributed by atoms with Crippen molar-refractivity contribution in [2.24, 2.45) is 0 Å². The number of fused-ring (bicyclic) bond motifs is 1. The van der Waals surface area contributed by atoms with E-state index in [9.17, 15) is 18.3 Å². The Hall–Kier alpha value is -2.87. The monoisotopic (exact) mass is 420 g/mol. The van der Waals surface area contributed by atoms with Crippen LogP contribution in [0.1, 0.15) is 24.0 Å². The standard InChI is InChI=1S/C22H23F3N2O3/c1-14-10-19(29-17-6-8-26-9-7-17)11-16-13-27(21(28)20(14)16)12-15-2-4-18(5-3-15)30-22(23,24)25/h2-5,10-11,13,17,26,28H,6-9,12H2,1H3.